The van der Waals surface area contributed by atoms with Gasteiger partial charge in [0.25, 0.3) is 13.0 Å². The van der Waals surface area contributed by atoms with Crippen molar-refractivity contribution >= 4 is 0 Å². The van der Waals surface area contributed by atoms with Gasteiger partial charge in [0.2, 0.25) is 0 Å². The molecule has 0 radical (unpaired) electrons. The van der Waals surface area contributed by atoms with E-state index in [1.165, 1.54) is 14.2 Å². The monoisotopic (exact) mass is 248 g/mol. The molecule has 0 aromatic carbocycles. The summed E-state index contributed by atoms with van der Waals surface area (Å²) < 4.78 is 37.2. The summed E-state index contributed by atoms with van der Waals surface area (Å²) in [7, 11) is 3.06. The van der Waals surface area contributed by atoms with E-state index in [1.807, 2.05) is 0 Å². The highest BCUT2D eigenvalue weighted by molar-refractivity contribution is 4.87. The third kappa shape index (κ3) is 2.19. The van der Waals surface area contributed by atoms with Crippen molar-refractivity contribution in [2.24, 2.45) is 0 Å². The van der Waals surface area contributed by atoms with Crippen LogP contribution in [-0.2, 0) is 33.2 Å². The quantitative estimate of drug-likeness (QED) is 0.684. The molecule has 17 heavy (non-hydrogen) atoms. The first-order chi connectivity index (χ1) is 8.30. The van der Waals surface area contributed by atoms with E-state index in [0.29, 0.717) is 13.0 Å². The molecule has 7 nitrogen and oxygen atoms in total. The molecule has 3 rings (SSSR count). The maximum absolute atomic E-state index is 5.71. The van der Waals surface area contributed by atoms with Gasteiger partial charge in [0.1, 0.15) is 12.2 Å². The number of hydrogen-bond acceptors (Lipinski definition) is 7. The Hall–Kier alpha value is -0.280. The fourth-order valence-electron chi connectivity index (χ4n) is 2.24. The fourth-order valence-corrected chi connectivity index (χ4v) is 2.24. The van der Waals surface area contributed by atoms with Gasteiger partial charge < -0.3 is 28.4 Å². The Kier molecular flexibility index (Phi) is 3.31. The van der Waals surface area contributed by atoms with Crippen LogP contribution in [0.15, 0.2) is 0 Å². The summed E-state index contributed by atoms with van der Waals surface area (Å²) in [6.07, 6.45) is -0.0124. The average Bonchev–Trinajstić information content (AvgIpc) is 3.01. The lowest BCUT2D eigenvalue weighted by Gasteiger charge is -2.18. The van der Waals surface area contributed by atoms with Crippen molar-refractivity contribution in [3.63, 3.8) is 0 Å². The van der Waals surface area contributed by atoms with E-state index in [1.54, 1.807) is 0 Å². The van der Waals surface area contributed by atoms with E-state index < -0.39 is 13.0 Å². The minimum absolute atomic E-state index is 0.0945. The lowest BCUT2D eigenvalue weighted by atomic mass is 10.1. The molecule has 98 valence electrons. The second-order valence-corrected chi connectivity index (χ2v) is 4.15. The molecular weight excluding hydrogens is 232 g/mol. The maximum Gasteiger partial charge on any atom is 0.274 e. The molecule has 0 saturated carbocycles. The first kappa shape index (κ1) is 11.8. The zero-order valence-corrected chi connectivity index (χ0v) is 9.74. The molecule has 0 bridgehead atoms. The van der Waals surface area contributed by atoms with Crippen molar-refractivity contribution in [2.75, 3.05) is 20.8 Å². The first-order valence-corrected chi connectivity index (χ1v) is 5.59. The zero-order chi connectivity index (χ0) is 11.8. The third-order valence-electron chi connectivity index (χ3n) is 3.09. The van der Waals surface area contributed by atoms with Crippen molar-refractivity contribution in [3.8, 4) is 0 Å². The van der Waals surface area contributed by atoms with Gasteiger partial charge in [-0.1, -0.05) is 0 Å². The van der Waals surface area contributed by atoms with Crippen LogP contribution in [0.3, 0.4) is 0 Å². The Balaban J connectivity index is 1.53. The third-order valence-corrected chi connectivity index (χ3v) is 3.09. The van der Waals surface area contributed by atoms with Crippen LogP contribution in [0.25, 0.3) is 0 Å². The van der Waals surface area contributed by atoms with Crippen LogP contribution in [-0.4, -0.2) is 58.4 Å². The van der Waals surface area contributed by atoms with E-state index in [4.69, 9.17) is 33.2 Å². The molecule has 3 heterocycles. The summed E-state index contributed by atoms with van der Waals surface area (Å²) in [4.78, 5) is 0. The van der Waals surface area contributed by atoms with Gasteiger partial charge in [-0.05, 0) is 0 Å². The van der Waals surface area contributed by atoms with Crippen molar-refractivity contribution in [3.05, 3.63) is 0 Å². The summed E-state index contributed by atoms with van der Waals surface area (Å²) in [5.74, 6) is 0. The molecule has 3 fully saturated rings. The smallest absolute Gasteiger partial charge is 0.274 e. The summed E-state index contributed by atoms with van der Waals surface area (Å²) in [6.45, 7) is -0.771. The lowest BCUT2D eigenvalue weighted by molar-refractivity contribution is -0.270. The van der Waals surface area contributed by atoms with E-state index in [-0.39, 0.29) is 24.6 Å². The second-order valence-electron chi connectivity index (χ2n) is 4.15. The van der Waals surface area contributed by atoms with Crippen LogP contribution in [0.4, 0.5) is 0 Å². The molecule has 3 aliphatic heterocycles. The summed E-state index contributed by atoms with van der Waals surface area (Å²) in [5.41, 5.74) is 0. The van der Waals surface area contributed by atoms with E-state index in [2.05, 4.69) is 0 Å². The van der Waals surface area contributed by atoms with Gasteiger partial charge in [0, 0.05) is 20.6 Å². The van der Waals surface area contributed by atoms with Gasteiger partial charge in [-0.25, -0.2) is 0 Å². The number of methoxy groups -OCH3 is 2. The van der Waals surface area contributed by atoms with Gasteiger partial charge in [-0.3, -0.25) is 4.74 Å². The van der Waals surface area contributed by atoms with Crippen LogP contribution >= 0.6 is 0 Å². The van der Waals surface area contributed by atoms with Gasteiger partial charge in [-0.15, -0.1) is 0 Å². The molecule has 3 saturated heterocycles. The van der Waals surface area contributed by atoms with E-state index in [0.717, 1.165) is 0 Å². The number of fused-ring (bicyclic) bond motifs is 1. The molecule has 6 atom stereocenters. The predicted octanol–water partition coefficient (Wildman–Crippen LogP) is -0.208. The lowest BCUT2D eigenvalue weighted by Crippen LogP contribution is -2.30. The van der Waals surface area contributed by atoms with E-state index in [9.17, 15) is 0 Å². The topological polar surface area (TPSA) is 64.6 Å². The summed E-state index contributed by atoms with van der Waals surface area (Å²) in [5, 5.41) is 0. The van der Waals surface area contributed by atoms with Crippen LogP contribution in [0.2, 0.25) is 0 Å². The Morgan fingerprint density at radius 1 is 0.824 bits per heavy atom. The van der Waals surface area contributed by atoms with Crippen molar-refractivity contribution in [2.45, 2.75) is 44.0 Å². The molecule has 0 amide bonds. The number of ether oxygens (including phenoxy) is 7. The normalized spacial score (nSPS) is 49.8. The average molecular weight is 248 g/mol. The summed E-state index contributed by atoms with van der Waals surface area (Å²) in [6, 6.07) is 0. The minimum Gasteiger partial charge on any atom is -0.344 e. The Morgan fingerprint density at radius 2 is 1.59 bits per heavy atom. The molecule has 3 aliphatic rings. The second kappa shape index (κ2) is 4.77. The Labute approximate surface area is 98.8 Å². The highest BCUT2D eigenvalue weighted by Gasteiger charge is 2.49. The van der Waals surface area contributed by atoms with Gasteiger partial charge >= 0.3 is 0 Å². The SMILES string of the molecule is COC1OCC(C2CC3OC(OC)OC3O2)O1. The Bertz CT molecular complexity index is 259. The highest BCUT2D eigenvalue weighted by atomic mass is 16.9. The van der Waals surface area contributed by atoms with Gasteiger partial charge in [0.05, 0.1) is 12.7 Å². The van der Waals surface area contributed by atoms with Gasteiger partial charge in [0.15, 0.2) is 6.29 Å². The zero-order valence-electron chi connectivity index (χ0n) is 9.74. The van der Waals surface area contributed by atoms with Gasteiger partial charge in [-0.2, -0.15) is 0 Å². The number of hydrogen-bond donors (Lipinski definition) is 0. The number of rotatable bonds is 3. The molecule has 0 aromatic heterocycles. The molecule has 0 spiro atoms. The van der Waals surface area contributed by atoms with E-state index >= 15 is 0 Å². The van der Waals surface area contributed by atoms with Crippen molar-refractivity contribution in [1.82, 2.24) is 0 Å². The molecule has 0 N–H and O–H groups in total. The van der Waals surface area contributed by atoms with Crippen molar-refractivity contribution in [1.29, 1.82) is 0 Å². The van der Waals surface area contributed by atoms with Crippen LogP contribution in [0.1, 0.15) is 6.42 Å². The standard InChI is InChI=1S/C10H16O7/c1-11-9-13-4-7(16-9)5-3-6-8(14-5)17-10(12-2)15-6/h5-10H,3-4H2,1-2H3. The molecule has 7 heteroatoms. The van der Waals surface area contributed by atoms with Crippen molar-refractivity contribution < 1.29 is 33.2 Å². The fraction of sp³-hybridized carbons (Fsp3) is 1.00. The molecule has 6 unspecified atom stereocenters. The molecular formula is C10H16O7. The summed E-state index contributed by atoms with van der Waals surface area (Å²) >= 11 is 0. The minimum atomic E-state index is -0.626. The van der Waals surface area contributed by atoms with Crippen LogP contribution in [0, 0.1) is 0 Å². The highest BCUT2D eigenvalue weighted by Crippen LogP contribution is 2.35. The van der Waals surface area contributed by atoms with Crippen LogP contribution in [0.5, 0.6) is 0 Å². The molecule has 0 aliphatic carbocycles. The predicted molar refractivity (Wildman–Crippen MR) is 51.7 cm³/mol. The Morgan fingerprint density at radius 3 is 2.24 bits per heavy atom. The maximum atomic E-state index is 5.71. The molecule has 0 aromatic rings. The van der Waals surface area contributed by atoms with Crippen LogP contribution < -0.4 is 0 Å². The first-order valence-electron chi connectivity index (χ1n) is 5.59. The largest absolute Gasteiger partial charge is 0.344 e.